The minimum Gasteiger partial charge on any atom is -0.394 e. The molecule has 2 rings (SSSR count). The largest absolute Gasteiger partial charge is 0.394 e. The molecule has 0 aromatic carbocycles. The Morgan fingerprint density at radius 3 is 2.76 bits per heavy atom. The molecule has 17 heavy (non-hydrogen) atoms. The Kier molecular flexibility index (Phi) is 3.09. The van der Waals surface area contributed by atoms with Crippen molar-refractivity contribution in [2.75, 3.05) is 6.61 Å². The molecule has 0 spiro atoms. The van der Waals surface area contributed by atoms with Crippen molar-refractivity contribution in [3.63, 3.8) is 0 Å². The van der Waals surface area contributed by atoms with Gasteiger partial charge in [0.1, 0.15) is 12.2 Å². The molecule has 0 amide bonds. The highest BCUT2D eigenvalue weighted by atomic mass is 19.1. The standard InChI is InChI=1S/C9H11FN2O5/c10-6-7(15)4(3-13)17-8(6)12-2-1-5(14)11-9(12)16/h1-2,4,6-8,13,15H,3H2,(H,11,14,16)/t4?,6-,7-,8-/m1/s1. The maximum absolute atomic E-state index is 13.6. The van der Waals surface area contributed by atoms with Crippen LogP contribution in [0.1, 0.15) is 6.23 Å². The maximum atomic E-state index is 13.6. The van der Waals surface area contributed by atoms with Crippen molar-refractivity contribution in [2.24, 2.45) is 0 Å². The van der Waals surface area contributed by atoms with Gasteiger partial charge in [0.05, 0.1) is 6.61 Å². The number of aliphatic hydroxyl groups is 2. The van der Waals surface area contributed by atoms with Crippen molar-refractivity contribution in [1.29, 1.82) is 0 Å². The fourth-order valence-electron chi connectivity index (χ4n) is 1.71. The quantitative estimate of drug-likeness (QED) is 0.567. The van der Waals surface area contributed by atoms with Crippen molar-refractivity contribution >= 4 is 0 Å². The molecule has 0 radical (unpaired) electrons. The highest BCUT2D eigenvalue weighted by Gasteiger charge is 2.45. The van der Waals surface area contributed by atoms with Gasteiger partial charge in [-0.2, -0.15) is 0 Å². The lowest BCUT2D eigenvalue weighted by molar-refractivity contribution is -0.0491. The lowest BCUT2D eigenvalue weighted by atomic mass is 10.1. The highest BCUT2D eigenvalue weighted by Crippen LogP contribution is 2.30. The Labute approximate surface area is 94.1 Å². The van der Waals surface area contributed by atoms with Gasteiger partial charge in [-0.25, -0.2) is 9.18 Å². The summed E-state index contributed by atoms with van der Waals surface area (Å²) >= 11 is 0. The van der Waals surface area contributed by atoms with Crippen LogP contribution in [0.3, 0.4) is 0 Å². The first-order valence-corrected chi connectivity index (χ1v) is 4.94. The molecule has 2 heterocycles. The molecular weight excluding hydrogens is 235 g/mol. The number of nitrogens with zero attached hydrogens (tertiary/aromatic N) is 1. The Morgan fingerprint density at radius 2 is 2.24 bits per heavy atom. The summed E-state index contributed by atoms with van der Waals surface area (Å²) in [6.07, 6.45) is -4.73. The van der Waals surface area contributed by atoms with Crippen molar-refractivity contribution < 1.29 is 19.3 Å². The first-order valence-electron chi connectivity index (χ1n) is 4.94. The number of nitrogens with one attached hydrogen (secondary N) is 1. The van der Waals surface area contributed by atoms with Crippen molar-refractivity contribution in [3.05, 3.63) is 33.1 Å². The first-order chi connectivity index (χ1) is 8.04. The van der Waals surface area contributed by atoms with Gasteiger partial charge in [-0.15, -0.1) is 0 Å². The van der Waals surface area contributed by atoms with Gasteiger partial charge in [-0.05, 0) is 0 Å². The summed E-state index contributed by atoms with van der Waals surface area (Å²) in [5.41, 5.74) is -1.45. The average molecular weight is 246 g/mol. The highest BCUT2D eigenvalue weighted by molar-refractivity contribution is 4.93. The number of aromatic amines is 1. The zero-order chi connectivity index (χ0) is 12.6. The number of aromatic nitrogens is 2. The smallest absolute Gasteiger partial charge is 0.330 e. The zero-order valence-electron chi connectivity index (χ0n) is 8.62. The fraction of sp³-hybridized carbons (Fsp3) is 0.556. The topological polar surface area (TPSA) is 105 Å². The third-order valence-electron chi connectivity index (χ3n) is 2.60. The van der Waals surface area contributed by atoms with E-state index in [1.165, 1.54) is 0 Å². The third-order valence-corrected chi connectivity index (χ3v) is 2.60. The van der Waals surface area contributed by atoms with E-state index in [-0.39, 0.29) is 0 Å². The molecule has 1 aliphatic heterocycles. The minimum atomic E-state index is -1.85. The summed E-state index contributed by atoms with van der Waals surface area (Å²) in [7, 11) is 0. The van der Waals surface area contributed by atoms with Gasteiger partial charge in [0.2, 0.25) is 0 Å². The number of hydrogen-bond donors (Lipinski definition) is 3. The SMILES string of the molecule is O=c1ccn([C@@H]2OC(CO)[C@@H](O)[C@H]2F)c(=O)[nH]1. The number of halogens is 1. The Morgan fingerprint density at radius 1 is 1.53 bits per heavy atom. The van der Waals surface area contributed by atoms with E-state index in [1.54, 1.807) is 0 Å². The number of hydrogen-bond acceptors (Lipinski definition) is 5. The Hall–Kier alpha value is -1.51. The summed E-state index contributed by atoms with van der Waals surface area (Å²) in [6.45, 7) is -0.559. The van der Waals surface area contributed by atoms with Crippen LogP contribution in [0.4, 0.5) is 4.39 Å². The molecule has 4 atom stereocenters. The first kappa shape index (κ1) is 12.0. The molecule has 8 heteroatoms. The van der Waals surface area contributed by atoms with E-state index >= 15 is 0 Å². The second-order valence-corrected chi connectivity index (χ2v) is 3.70. The van der Waals surface area contributed by atoms with E-state index in [0.29, 0.717) is 0 Å². The molecule has 1 saturated heterocycles. The van der Waals surface area contributed by atoms with Crippen LogP contribution in [0.5, 0.6) is 0 Å². The van der Waals surface area contributed by atoms with Crippen LogP contribution in [-0.2, 0) is 4.74 Å². The summed E-state index contributed by atoms with van der Waals surface area (Å²) in [4.78, 5) is 24.2. The van der Waals surface area contributed by atoms with Gasteiger partial charge >= 0.3 is 5.69 Å². The van der Waals surface area contributed by atoms with Gasteiger partial charge in [0.25, 0.3) is 5.56 Å². The predicted octanol–water partition coefficient (Wildman–Crippen LogP) is -1.87. The maximum Gasteiger partial charge on any atom is 0.330 e. The second-order valence-electron chi connectivity index (χ2n) is 3.70. The lowest BCUT2D eigenvalue weighted by Crippen LogP contribution is -2.35. The summed E-state index contributed by atoms with van der Waals surface area (Å²) < 4.78 is 19.5. The molecule has 1 aromatic heterocycles. The zero-order valence-corrected chi connectivity index (χ0v) is 8.62. The average Bonchev–Trinajstić information content (AvgIpc) is 2.57. The van der Waals surface area contributed by atoms with E-state index in [0.717, 1.165) is 16.8 Å². The normalized spacial score (nSPS) is 32.9. The Balaban J connectivity index is 2.35. The van der Waals surface area contributed by atoms with E-state index in [2.05, 4.69) is 0 Å². The van der Waals surface area contributed by atoms with Gasteiger partial charge in [-0.3, -0.25) is 14.3 Å². The van der Waals surface area contributed by atoms with Crippen molar-refractivity contribution in [1.82, 2.24) is 9.55 Å². The number of aliphatic hydroxyl groups excluding tert-OH is 2. The van der Waals surface area contributed by atoms with Crippen LogP contribution in [0.15, 0.2) is 21.9 Å². The van der Waals surface area contributed by atoms with Gasteiger partial charge < -0.3 is 14.9 Å². The van der Waals surface area contributed by atoms with Crippen molar-refractivity contribution in [2.45, 2.75) is 24.6 Å². The molecule has 0 aliphatic carbocycles. The number of ether oxygens (including phenoxy) is 1. The summed E-state index contributed by atoms with van der Waals surface area (Å²) in [6, 6.07) is 1.04. The molecule has 94 valence electrons. The molecule has 0 bridgehead atoms. The van der Waals surface area contributed by atoms with Crippen LogP contribution in [0, 0.1) is 0 Å². The number of H-pyrrole nitrogens is 1. The van der Waals surface area contributed by atoms with Crippen LogP contribution >= 0.6 is 0 Å². The lowest BCUT2D eigenvalue weighted by Gasteiger charge is -2.15. The van der Waals surface area contributed by atoms with Crippen LogP contribution in [0.2, 0.25) is 0 Å². The Bertz CT molecular complexity index is 513. The van der Waals surface area contributed by atoms with Crippen LogP contribution < -0.4 is 11.2 Å². The molecule has 7 nitrogen and oxygen atoms in total. The van der Waals surface area contributed by atoms with Gasteiger partial charge in [0.15, 0.2) is 12.4 Å². The number of rotatable bonds is 2. The van der Waals surface area contributed by atoms with E-state index in [4.69, 9.17) is 9.84 Å². The van der Waals surface area contributed by atoms with Crippen LogP contribution in [-0.4, -0.2) is 44.8 Å². The molecular formula is C9H11FN2O5. The monoisotopic (exact) mass is 246 g/mol. The van der Waals surface area contributed by atoms with Crippen molar-refractivity contribution in [3.8, 4) is 0 Å². The van der Waals surface area contributed by atoms with E-state index in [1.807, 2.05) is 4.98 Å². The van der Waals surface area contributed by atoms with Crippen LogP contribution in [0.25, 0.3) is 0 Å². The summed E-state index contributed by atoms with van der Waals surface area (Å²) in [5, 5.41) is 18.2. The third kappa shape index (κ3) is 2.02. The second kappa shape index (κ2) is 4.40. The molecule has 1 fully saturated rings. The van der Waals surface area contributed by atoms with Gasteiger partial charge in [-0.1, -0.05) is 0 Å². The molecule has 3 N–H and O–H groups in total. The summed E-state index contributed by atoms with van der Waals surface area (Å²) in [5.74, 6) is 0. The molecule has 0 saturated carbocycles. The fourth-order valence-corrected chi connectivity index (χ4v) is 1.71. The molecule has 1 aromatic rings. The molecule has 1 aliphatic rings. The minimum absolute atomic E-state index is 0.559. The van der Waals surface area contributed by atoms with Gasteiger partial charge in [0, 0.05) is 12.3 Å². The molecule has 1 unspecified atom stereocenters. The van der Waals surface area contributed by atoms with E-state index < -0.39 is 42.5 Å². The van der Waals surface area contributed by atoms with E-state index in [9.17, 15) is 19.1 Å². The number of alkyl halides is 1. The predicted molar refractivity (Wildman–Crippen MR) is 53.2 cm³/mol.